The number of carbonyl (C=O) groups excluding carboxylic acids is 2. The standard InChI is InChI=1S/C23H30N2O4S/c1-16(2)25(22(27)23(3,4)5)14-21(26)24(13-18-7-6-10-30-18)12-17-8-9-19-20(11-17)29-15-28-19/h6-11,16H,12-15H2,1-5H3. The van der Waals surface area contributed by atoms with Crippen molar-refractivity contribution in [3.05, 3.63) is 46.2 Å². The number of carbonyl (C=O) groups is 2. The van der Waals surface area contributed by atoms with Gasteiger partial charge in [-0.1, -0.05) is 32.9 Å². The molecule has 0 fully saturated rings. The minimum atomic E-state index is -0.541. The number of amides is 2. The van der Waals surface area contributed by atoms with Crippen LogP contribution in [0.5, 0.6) is 11.5 Å². The van der Waals surface area contributed by atoms with Gasteiger partial charge in [0.05, 0.1) is 6.54 Å². The lowest BCUT2D eigenvalue weighted by atomic mass is 9.94. The third-order valence-electron chi connectivity index (χ3n) is 4.92. The van der Waals surface area contributed by atoms with E-state index in [1.807, 2.05) is 70.3 Å². The van der Waals surface area contributed by atoms with Crippen LogP contribution in [0.15, 0.2) is 35.7 Å². The van der Waals surface area contributed by atoms with E-state index >= 15 is 0 Å². The van der Waals surface area contributed by atoms with Gasteiger partial charge in [-0.3, -0.25) is 9.59 Å². The van der Waals surface area contributed by atoms with E-state index in [0.717, 1.165) is 16.2 Å². The number of ether oxygens (including phenoxy) is 2. The number of benzene rings is 1. The van der Waals surface area contributed by atoms with Crippen molar-refractivity contribution in [2.45, 2.75) is 53.8 Å². The topological polar surface area (TPSA) is 59.1 Å². The van der Waals surface area contributed by atoms with Crippen LogP contribution in [0.3, 0.4) is 0 Å². The summed E-state index contributed by atoms with van der Waals surface area (Å²) in [7, 11) is 0. The van der Waals surface area contributed by atoms with E-state index in [1.165, 1.54) is 0 Å². The molecule has 7 heteroatoms. The molecule has 2 amide bonds. The highest BCUT2D eigenvalue weighted by Gasteiger charge is 2.31. The average Bonchev–Trinajstić information content (AvgIpc) is 3.35. The molecular weight excluding hydrogens is 400 g/mol. The molecule has 1 aliphatic heterocycles. The van der Waals surface area contributed by atoms with Crippen LogP contribution in [0.1, 0.15) is 45.1 Å². The maximum absolute atomic E-state index is 13.3. The van der Waals surface area contributed by atoms with Crippen molar-refractivity contribution < 1.29 is 19.1 Å². The number of nitrogens with zero attached hydrogens (tertiary/aromatic N) is 2. The molecule has 0 bridgehead atoms. The maximum Gasteiger partial charge on any atom is 0.242 e. The highest BCUT2D eigenvalue weighted by molar-refractivity contribution is 7.09. The predicted octanol–water partition coefficient (Wildman–Crippen LogP) is 4.29. The minimum Gasteiger partial charge on any atom is -0.454 e. The van der Waals surface area contributed by atoms with Gasteiger partial charge >= 0.3 is 0 Å². The lowest BCUT2D eigenvalue weighted by molar-refractivity contribution is -0.147. The maximum atomic E-state index is 13.3. The van der Waals surface area contributed by atoms with Crippen LogP contribution in [0.25, 0.3) is 0 Å². The third kappa shape index (κ3) is 5.33. The monoisotopic (exact) mass is 430 g/mol. The van der Waals surface area contributed by atoms with Gasteiger partial charge < -0.3 is 19.3 Å². The van der Waals surface area contributed by atoms with Crippen LogP contribution in [0.2, 0.25) is 0 Å². The summed E-state index contributed by atoms with van der Waals surface area (Å²) >= 11 is 1.62. The first kappa shape index (κ1) is 22.2. The van der Waals surface area contributed by atoms with Gasteiger partial charge in [0.15, 0.2) is 11.5 Å². The first-order valence-electron chi connectivity index (χ1n) is 10.1. The SMILES string of the molecule is CC(C)N(CC(=O)N(Cc1ccc2c(c1)OCO2)Cc1cccs1)C(=O)C(C)(C)C. The van der Waals surface area contributed by atoms with Gasteiger partial charge in [-0.2, -0.15) is 0 Å². The van der Waals surface area contributed by atoms with E-state index in [4.69, 9.17) is 9.47 Å². The summed E-state index contributed by atoms with van der Waals surface area (Å²) in [6.07, 6.45) is 0. The second-order valence-corrected chi connectivity index (χ2v) is 9.83. The molecule has 0 atom stereocenters. The molecule has 0 unspecified atom stereocenters. The van der Waals surface area contributed by atoms with Gasteiger partial charge in [0, 0.05) is 22.9 Å². The van der Waals surface area contributed by atoms with Gasteiger partial charge in [-0.05, 0) is 43.0 Å². The first-order valence-corrected chi connectivity index (χ1v) is 11.0. The molecule has 0 N–H and O–H groups in total. The highest BCUT2D eigenvalue weighted by Crippen LogP contribution is 2.33. The van der Waals surface area contributed by atoms with Crippen molar-refractivity contribution in [3.8, 4) is 11.5 Å². The molecule has 30 heavy (non-hydrogen) atoms. The van der Waals surface area contributed by atoms with E-state index in [0.29, 0.717) is 18.8 Å². The second kappa shape index (κ2) is 9.08. The summed E-state index contributed by atoms with van der Waals surface area (Å²) in [5, 5.41) is 2.00. The molecule has 3 rings (SSSR count). The van der Waals surface area contributed by atoms with Crippen molar-refractivity contribution in [3.63, 3.8) is 0 Å². The molecule has 0 saturated carbocycles. The largest absolute Gasteiger partial charge is 0.454 e. The Kier molecular flexibility index (Phi) is 6.71. The molecule has 0 spiro atoms. The summed E-state index contributed by atoms with van der Waals surface area (Å²) in [6, 6.07) is 9.67. The Bertz CT molecular complexity index is 887. The lowest BCUT2D eigenvalue weighted by Crippen LogP contribution is -2.49. The average molecular weight is 431 g/mol. The molecule has 0 aliphatic carbocycles. The van der Waals surface area contributed by atoms with Gasteiger partial charge in [0.25, 0.3) is 0 Å². The summed E-state index contributed by atoms with van der Waals surface area (Å²) < 4.78 is 10.9. The molecule has 2 heterocycles. The van der Waals surface area contributed by atoms with Crippen molar-refractivity contribution in [2.75, 3.05) is 13.3 Å². The first-order chi connectivity index (χ1) is 14.1. The second-order valence-electron chi connectivity index (χ2n) is 8.79. The van der Waals surface area contributed by atoms with Crippen molar-refractivity contribution in [1.29, 1.82) is 0 Å². The minimum absolute atomic E-state index is 0.0231. The summed E-state index contributed by atoms with van der Waals surface area (Å²) in [5.41, 5.74) is 0.419. The Morgan fingerprint density at radius 3 is 2.47 bits per heavy atom. The fourth-order valence-corrected chi connectivity index (χ4v) is 3.97. The van der Waals surface area contributed by atoms with Crippen molar-refractivity contribution >= 4 is 23.2 Å². The van der Waals surface area contributed by atoms with Crippen LogP contribution >= 0.6 is 11.3 Å². The molecule has 162 valence electrons. The molecule has 1 aromatic carbocycles. The Morgan fingerprint density at radius 2 is 1.83 bits per heavy atom. The molecule has 2 aromatic rings. The Hall–Kier alpha value is -2.54. The van der Waals surface area contributed by atoms with E-state index in [1.54, 1.807) is 21.1 Å². The zero-order chi connectivity index (χ0) is 21.9. The lowest BCUT2D eigenvalue weighted by Gasteiger charge is -2.34. The van der Waals surface area contributed by atoms with Gasteiger partial charge in [-0.25, -0.2) is 0 Å². The molecule has 0 saturated heterocycles. The number of rotatable bonds is 7. The summed E-state index contributed by atoms with van der Waals surface area (Å²) in [4.78, 5) is 30.8. The van der Waals surface area contributed by atoms with Crippen LogP contribution in [0.4, 0.5) is 0 Å². The molecular formula is C23H30N2O4S. The molecule has 1 aromatic heterocycles. The fourth-order valence-electron chi connectivity index (χ4n) is 3.25. The van der Waals surface area contributed by atoms with Crippen LogP contribution < -0.4 is 9.47 Å². The van der Waals surface area contributed by atoms with Gasteiger partial charge in [-0.15, -0.1) is 11.3 Å². The smallest absolute Gasteiger partial charge is 0.242 e. The predicted molar refractivity (Wildman–Crippen MR) is 117 cm³/mol. The quantitative estimate of drug-likeness (QED) is 0.658. The summed E-state index contributed by atoms with van der Waals surface area (Å²) in [6.45, 7) is 10.7. The number of hydrogen-bond acceptors (Lipinski definition) is 5. The van der Waals surface area contributed by atoms with Crippen molar-refractivity contribution in [1.82, 2.24) is 9.80 Å². The van der Waals surface area contributed by atoms with E-state index in [9.17, 15) is 9.59 Å². The van der Waals surface area contributed by atoms with E-state index in [-0.39, 0.29) is 31.2 Å². The van der Waals surface area contributed by atoms with Crippen molar-refractivity contribution in [2.24, 2.45) is 5.41 Å². The summed E-state index contributed by atoms with van der Waals surface area (Å²) in [5.74, 6) is 1.32. The Labute approximate surface area is 182 Å². The highest BCUT2D eigenvalue weighted by atomic mass is 32.1. The number of thiophene rings is 1. The van der Waals surface area contributed by atoms with Gasteiger partial charge in [0.1, 0.15) is 6.54 Å². The number of fused-ring (bicyclic) bond motifs is 1. The number of hydrogen-bond donors (Lipinski definition) is 0. The zero-order valence-corrected chi connectivity index (χ0v) is 19.1. The van der Waals surface area contributed by atoms with Gasteiger partial charge in [0.2, 0.25) is 18.6 Å². The molecule has 1 aliphatic rings. The third-order valence-corrected chi connectivity index (χ3v) is 5.78. The fraction of sp³-hybridized carbons (Fsp3) is 0.478. The van der Waals surface area contributed by atoms with Crippen LogP contribution in [0, 0.1) is 5.41 Å². The normalized spacial score (nSPS) is 12.9. The van der Waals surface area contributed by atoms with E-state index < -0.39 is 5.41 Å². The molecule has 6 nitrogen and oxygen atoms in total. The van der Waals surface area contributed by atoms with Crippen LogP contribution in [-0.4, -0.2) is 41.0 Å². The molecule has 0 radical (unpaired) electrons. The Morgan fingerprint density at radius 1 is 1.10 bits per heavy atom. The Balaban J connectivity index is 1.80. The van der Waals surface area contributed by atoms with Crippen LogP contribution in [-0.2, 0) is 22.7 Å². The van der Waals surface area contributed by atoms with E-state index in [2.05, 4.69) is 0 Å². The zero-order valence-electron chi connectivity index (χ0n) is 18.3.